The largest absolute Gasteiger partial charge is 0.511 e. The first-order valence-electron chi connectivity index (χ1n) is 9.20. The first kappa shape index (κ1) is 26.1. The molecule has 2 rings (SSSR count). The molecule has 0 aliphatic carbocycles. The van der Waals surface area contributed by atoms with Crippen LogP contribution in [0.5, 0.6) is 0 Å². The molecule has 1 atom stereocenters. The lowest BCUT2D eigenvalue weighted by Gasteiger charge is -2.37. The first-order valence-corrected chi connectivity index (χ1v) is 11.7. The van der Waals surface area contributed by atoms with Gasteiger partial charge in [-0.2, -0.15) is 29.2 Å². The summed E-state index contributed by atoms with van der Waals surface area (Å²) >= 11 is 1.97. The number of piperidine rings is 1. The Morgan fingerprint density at radius 2 is 1.86 bits per heavy atom. The van der Waals surface area contributed by atoms with Gasteiger partial charge in [0.1, 0.15) is 0 Å². The molecule has 2 heterocycles. The second-order valence-corrected chi connectivity index (χ2v) is 10.6. The third-order valence-electron chi connectivity index (χ3n) is 5.10. The quantitative estimate of drug-likeness (QED) is 0.327. The van der Waals surface area contributed by atoms with Crippen LogP contribution < -0.4 is 5.32 Å². The Morgan fingerprint density at radius 3 is 2.36 bits per heavy atom. The summed E-state index contributed by atoms with van der Waals surface area (Å²) in [5.74, 6) is 2.56. The lowest BCUT2D eigenvalue weighted by Crippen LogP contribution is -2.51. The van der Waals surface area contributed by atoms with Crippen molar-refractivity contribution in [2.75, 3.05) is 45.5 Å². The maximum absolute atomic E-state index is 12.6. The molecule has 0 aromatic carbocycles. The summed E-state index contributed by atoms with van der Waals surface area (Å²) in [6, 6.07) is 0. The number of halogens is 4. The zero-order valence-corrected chi connectivity index (χ0v) is 20.4. The number of hydrogen-bond acceptors (Lipinski definition) is 4. The number of nitrogens with one attached hydrogen (secondary N) is 1. The van der Waals surface area contributed by atoms with Gasteiger partial charge in [-0.1, -0.05) is 13.8 Å². The van der Waals surface area contributed by atoms with Crippen LogP contribution in [0.25, 0.3) is 0 Å². The molecule has 166 valence electrons. The van der Waals surface area contributed by atoms with Crippen LogP contribution in [0.2, 0.25) is 0 Å². The van der Waals surface area contributed by atoms with E-state index in [2.05, 4.69) is 29.1 Å². The molecule has 0 amide bonds. The molecule has 2 aliphatic heterocycles. The standard InChI is InChI=1S/C16H29F3N4O2S2.HI/c1-12(2)14-11-22(8-9-26-14)15(20-3)21-10-13-4-6-23(7-5-13)27(24,25)16(17,18)19;/h12-14H,4-11H2,1-3H3,(H,20,21);1H. The molecule has 12 heteroatoms. The number of aliphatic imine (C=N–C) groups is 1. The van der Waals surface area contributed by atoms with Gasteiger partial charge in [0.2, 0.25) is 0 Å². The molecule has 1 N–H and O–H groups in total. The average molecular weight is 558 g/mol. The number of sulfonamides is 1. The number of nitrogens with zero attached hydrogens (tertiary/aromatic N) is 3. The van der Waals surface area contributed by atoms with Gasteiger partial charge in [-0.15, -0.1) is 24.0 Å². The Kier molecular flexibility index (Phi) is 10.1. The molecule has 0 spiro atoms. The van der Waals surface area contributed by atoms with E-state index in [4.69, 9.17) is 0 Å². The molecule has 1 unspecified atom stereocenters. The number of guanidine groups is 1. The normalized spacial score (nSPS) is 23.6. The fraction of sp³-hybridized carbons (Fsp3) is 0.938. The van der Waals surface area contributed by atoms with E-state index < -0.39 is 15.5 Å². The Bertz CT molecular complexity index is 624. The van der Waals surface area contributed by atoms with Gasteiger partial charge in [0.25, 0.3) is 0 Å². The minimum atomic E-state index is -5.22. The molecule has 6 nitrogen and oxygen atoms in total. The van der Waals surface area contributed by atoms with Crippen molar-refractivity contribution < 1.29 is 21.6 Å². The van der Waals surface area contributed by atoms with E-state index in [0.29, 0.717) is 34.9 Å². The van der Waals surface area contributed by atoms with E-state index >= 15 is 0 Å². The summed E-state index contributed by atoms with van der Waals surface area (Å²) in [6.07, 6.45) is 0.813. The molecule has 2 fully saturated rings. The van der Waals surface area contributed by atoms with E-state index in [1.54, 1.807) is 7.05 Å². The van der Waals surface area contributed by atoms with Crippen molar-refractivity contribution in [3.63, 3.8) is 0 Å². The Balaban J connectivity index is 0.00000392. The van der Waals surface area contributed by atoms with E-state index in [0.717, 1.165) is 24.8 Å². The van der Waals surface area contributed by atoms with Crippen LogP contribution in [-0.2, 0) is 10.0 Å². The van der Waals surface area contributed by atoms with Crippen LogP contribution in [0.1, 0.15) is 26.7 Å². The van der Waals surface area contributed by atoms with Crippen molar-refractivity contribution in [3.05, 3.63) is 0 Å². The van der Waals surface area contributed by atoms with E-state index in [1.807, 2.05) is 11.8 Å². The maximum Gasteiger partial charge on any atom is 0.511 e. The van der Waals surface area contributed by atoms with Crippen molar-refractivity contribution in [1.29, 1.82) is 0 Å². The van der Waals surface area contributed by atoms with Crippen LogP contribution in [0, 0.1) is 11.8 Å². The first-order chi connectivity index (χ1) is 12.6. The fourth-order valence-electron chi connectivity index (χ4n) is 3.34. The van der Waals surface area contributed by atoms with E-state index in [1.165, 1.54) is 0 Å². The van der Waals surface area contributed by atoms with Gasteiger partial charge in [-0.05, 0) is 24.7 Å². The van der Waals surface area contributed by atoms with Gasteiger partial charge in [-0.3, -0.25) is 4.99 Å². The second-order valence-electron chi connectivity index (χ2n) is 7.32. The Hall–Kier alpha value is 0.0500. The zero-order valence-electron chi connectivity index (χ0n) is 16.4. The summed E-state index contributed by atoms with van der Waals surface area (Å²) in [6.45, 7) is 6.65. The van der Waals surface area contributed by atoms with Crippen LogP contribution in [0.3, 0.4) is 0 Å². The van der Waals surface area contributed by atoms with Gasteiger partial charge < -0.3 is 10.2 Å². The minimum Gasteiger partial charge on any atom is -0.356 e. The number of alkyl halides is 3. The average Bonchev–Trinajstić information content (AvgIpc) is 2.62. The summed E-state index contributed by atoms with van der Waals surface area (Å²) in [5, 5.41) is 3.88. The minimum absolute atomic E-state index is 0. The molecular formula is C16H30F3IN4O2S2. The van der Waals surface area contributed by atoms with E-state index in [-0.39, 0.29) is 43.0 Å². The lowest BCUT2D eigenvalue weighted by molar-refractivity contribution is -0.0496. The van der Waals surface area contributed by atoms with Crippen molar-refractivity contribution in [2.45, 2.75) is 37.4 Å². The van der Waals surface area contributed by atoms with Crippen molar-refractivity contribution in [2.24, 2.45) is 16.8 Å². The van der Waals surface area contributed by atoms with E-state index in [9.17, 15) is 21.6 Å². The van der Waals surface area contributed by atoms with Crippen LogP contribution in [-0.4, -0.2) is 79.9 Å². The van der Waals surface area contributed by atoms with Gasteiger partial charge >= 0.3 is 15.5 Å². The summed E-state index contributed by atoms with van der Waals surface area (Å²) in [7, 11) is -3.48. The highest BCUT2D eigenvalue weighted by atomic mass is 127. The molecule has 0 radical (unpaired) electrons. The van der Waals surface area contributed by atoms with Gasteiger partial charge in [0.05, 0.1) is 0 Å². The molecule has 2 aliphatic rings. The van der Waals surface area contributed by atoms with Crippen molar-refractivity contribution in [3.8, 4) is 0 Å². The second kappa shape index (κ2) is 10.9. The third-order valence-corrected chi connectivity index (χ3v) is 8.27. The fourth-order valence-corrected chi connectivity index (χ4v) is 5.62. The predicted octanol–water partition coefficient (Wildman–Crippen LogP) is 2.81. The molecule has 0 aromatic rings. The Morgan fingerprint density at radius 1 is 1.25 bits per heavy atom. The van der Waals surface area contributed by atoms with Crippen LogP contribution in [0.4, 0.5) is 13.2 Å². The third kappa shape index (κ3) is 6.53. The molecule has 0 bridgehead atoms. The molecule has 2 saturated heterocycles. The highest BCUT2D eigenvalue weighted by Crippen LogP contribution is 2.30. The Labute approximate surface area is 187 Å². The van der Waals surface area contributed by atoms with Crippen LogP contribution >= 0.6 is 35.7 Å². The summed E-state index contributed by atoms with van der Waals surface area (Å²) in [4.78, 5) is 6.57. The topological polar surface area (TPSA) is 65.0 Å². The maximum atomic E-state index is 12.6. The monoisotopic (exact) mass is 558 g/mol. The van der Waals surface area contributed by atoms with Gasteiger partial charge in [0, 0.05) is 50.8 Å². The van der Waals surface area contributed by atoms with Crippen molar-refractivity contribution in [1.82, 2.24) is 14.5 Å². The predicted molar refractivity (Wildman–Crippen MR) is 119 cm³/mol. The number of thioether (sulfide) groups is 1. The SMILES string of the molecule is CN=C(NCC1CCN(S(=O)(=O)C(F)(F)F)CC1)N1CCSC(C(C)C)C1.I. The molecular weight excluding hydrogens is 528 g/mol. The smallest absolute Gasteiger partial charge is 0.356 e. The zero-order chi connectivity index (χ0) is 20.2. The summed E-state index contributed by atoms with van der Waals surface area (Å²) < 4.78 is 61.4. The highest BCUT2D eigenvalue weighted by molar-refractivity contribution is 14.0. The molecule has 28 heavy (non-hydrogen) atoms. The molecule has 0 saturated carbocycles. The number of hydrogen-bond donors (Lipinski definition) is 1. The van der Waals surface area contributed by atoms with Gasteiger partial charge in [0.15, 0.2) is 5.96 Å². The molecule has 0 aromatic heterocycles. The lowest BCUT2D eigenvalue weighted by atomic mass is 9.98. The van der Waals surface area contributed by atoms with Crippen molar-refractivity contribution >= 4 is 51.7 Å². The van der Waals surface area contributed by atoms with Gasteiger partial charge in [-0.25, -0.2) is 8.42 Å². The number of rotatable bonds is 4. The van der Waals surface area contributed by atoms with Crippen LogP contribution in [0.15, 0.2) is 4.99 Å². The summed E-state index contributed by atoms with van der Waals surface area (Å²) in [5.41, 5.74) is -5.22. The highest BCUT2D eigenvalue weighted by Gasteiger charge is 2.50.